The first kappa shape index (κ1) is 15.6. The molecule has 0 spiro atoms. The Labute approximate surface area is 143 Å². The van der Waals surface area contributed by atoms with E-state index in [2.05, 4.69) is 47.4 Å². The van der Waals surface area contributed by atoms with Crippen LogP contribution in [0.3, 0.4) is 0 Å². The first-order valence-corrected chi connectivity index (χ1v) is 8.93. The van der Waals surface area contributed by atoms with Gasteiger partial charge in [-0.05, 0) is 55.4 Å². The van der Waals surface area contributed by atoms with Gasteiger partial charge < -0.3 is 0 Å². The standard InChI is InChI=1S/C22H24FN/c1-16-7-8-18(14-22(16)23)11-19-12-20-9-10-21(13-19)24(20)15-17-5-3-2-4-6-17/h2-8,12,14,20-21H,9-11,13,15H2,1H3. The molecule has 2 heterocycles. The van der Waals surface area contributed by atoms with E-state index in [0.717, 1.165) is 30.5 Å². The molecule has 0 saturated carbocycles. The number of rotatable bonds is 4. The summed E-state index contributed by atoms with van der Waals surface area (Å²) >= 11 is 0. The molecule has 2 aromatic rings. The van der Waals surface area contributed by atoms with Crippen molar-refractivity contribution >= 4 is 0 Å². The topological polar surface area (TPSA) is 3.24 Å². The van der Waals surface area contributed by atoms with Crippen LogP contribution in [-0.4, -0.2) is 17.0 Å². The summed E-state index contributed by atoms with van der Waals surface area (Å²) in [6.07, 6.45) is 7.00. The molecule has 4 rings (SSSR count). The monoisotopic (exact) mass is 321 g/mol. The van der Waals surface area contributed by atoms with Crippen molar-refractivity contribution in [2.75, 3.05) is 0 Å². The first-order valence-electron chi connectivity index (χ1n) is 8.93. The third-order valence-corrected chi connectivity index (χ3v) is 5.49. The van der Waals surface area contributed by atoms with E-state index in [0.29, 0.717) is 12.1 Å². The van der Waals surface area contributed by atoms with Gasteiger partial charge in [-0.3, -0.25) is 4.90 Å². The van der Waals surface area contributed by atoms with E-state index in [4.69, 9.17) is 0 Å². The van der Waals surface area contributed by atoms with Crippen molar-refractivity contribution in [3.8, 4) is 0 Å². The van der Waals surface area contributed by atoms with Crippen LogP contribution in [0.1, 0.15) is 36.0 Å². The molecular formula is C22H24FN. The highest BCUT2D eigenvalue weighted by atomic mass is 19.1. The number of benzene rings is 2. The van der Waals surface area contributed by atoms with Gasteiger partial charge in [0, 0.05) is 18.6 Å². The van der Waals surface area contributed by atoms with Gasteiger partial charge >= 0.3 is 0 Å². The summed E-state index contributed by atoms with van der Waals surface area (Å²) in [5, 5.41) is 0. The van der Waals surface area contributed by atoms with Gasteiger partial charge in [0.2, 0.25) is 0 Å². The molecule has 124 valence electrons. The molecule has 0 N–H and O–H groups in total. The van der Waals surface area contributed by atoms with Gasteiger partial charge in [0.1, 0.15) is 5.82 Å². The Morgan fingerprint density at radius 3 is 2.62 bits per heavy atom. The lowest BCUT2D eigenvalue weighted by Crippen LogP contribution is -2.38. The van der Waals surface area contributed by atoms with E-state index in [9.17, 15) is 4.39 Å². The predicted octanol–water partition coefficient (Wildman–Crippen LogP) is 5.04. The van der Waals surface area contributed by atoms with Crippen LogP contribution in [-0.2, 0) is 13.0 Å². The number of aryl methyl sites for hydroxylation is 1. The van der Waals surface area contributed by atoms with Crippen molar-refractivity contribution in [1.82, 2.24) is 4.90 Å². The average molecular weight is 321 g/mol. The summed E-state index contributed by atoms with van der Waals surface area (Å²) in [5.74, 6) is -0.0856. The van der Waals surface area contributed by atoms with Crippen LogP contribution in [0, 0.1) is 12.7 Å². The highest BCUT2D eigenvalue weighted by molar-refractivity contribution is 5.30. The summed E-state index contributed by atoms with van der Waals surface area (Å²) in [7, 11) is 0. The number of halogens is 1. The normalized spacial score (nSPS) is 23.3. The van der Waals surface area contributed by atoms with E-state index < -0.39 is 0 Å². The molecule has 2 aliphatic rings. The summed E-state index contributed by atoms with van der Waals surface area (Å²) in [4.78, 5) is 2.65. The lowest BCUT2D eigenvalue weighted by Gasteiger charge is -2.34. The summed E-state index contributed by atoms with van der Waals surface area (Å²) < 4.78 is 13.8. The second-order valence-corrected chi connectivity index (χ2v) is 7.25. The van der Waals surface area contributed by atoms with E-state index >= 15 is 0 Å². The minimum Gasteiger partial charge on any atom is -0.289 e. The van der Waals surface area contributed by atoms with Gasteiger partial charge in [-0.15, -0.1) is 0 Å². The van der Waals surface area contributed by atoms with Crippen LogP contribution in [0.4, 0.5) is 4.39 Å². The van der Waals surface area contributed by atoms with Gasteiger partial charge in [-0.25, -0.2) is 4.39 Å². The molecule has 1 saturated heterocycles. The minimum absolute atomic E-state index is 0.0856. The van der Waals surface area contributed by atoms with Crippen LogP contribution in [0.25, 0.3) is 0 Å². The zero-order valence-corrected chi connectivity index (χ0v) is 14.2. The number of fused-ring (bicyclic) bond motifs is 2. The molecule has 0 amide bonds. The zero-order chi connectivity index (χ0) is 16.5. The first-order chi connectivity index (χ1) is 11.7. The Balaban J connectivity index is 1.48. The smallest absolute Gasteiger partial charge is 0.126 e. The molecule has 2 aromatic carbocycles. The Kier molecular flexibility index (Phi) is 4.24. The SMILES string of the molecule is Cc1ccc(CC2=CC3CCC(C2)N3Cc2ccccc2)cc1F. The third-order valence-electron chi connectivity index (χ3n) is 5.49. The van der Waals surface area contributed by atoms with Crippen molar-refractivity contribution < 1.29 is 4.39 Å². The second-order valence-electron chi connectivity index (χ2n) is 7.25. The van der Waals surface area contributed by atoms with E-state index in [-0.39, 0.29) is 5.82 Å². The fourth-order valence-electron chi connectivity index (χ4n) is 4.19. The summed E-state index contributed by atoms with van der Waals surface area (Å²) in [5.41, 5.74) is 4.70. The maximum Gasteiger partial charge on any atom is 0.126 e. The Bertz CT molecular complexity index is 750. The Morgan fingerprint density at radius 2 is 1.88 bits per heavy atom. The Morgan fingerprint density at radius 1 is 1.04 bits per heavy atom. The van der Waals surface area contributed by atoms with Gasteiger partial charge in [0.05, 0.1) is 0 Å². The lowest BCUT2D eigenvalue weighted by molar-refractivity contribution is 0.194. The van der Waals surface area contributed by atoms with Gasteiger partial charge in [-0.2, -0.15) is 0 Å². The number of hydrogen-bond donors (Lipinski definition) is 0. The fraction of sp³-hybridized carbons (Fsp3) is 0.364. The van der Waals surface area contributed by atoms with Crippen molar-refractivity contribution in [2.45, 2.75) is 51.2 Å². The molecule has 2 atom stereocenters. The molecule has 0 aromatic heterocycles. The largest absolute Gasteiger partial charge is 0.289 e. The minimum atomic E-state index is -0.0856. The molecule has 1 nitrogen and oxygen atoms in total. The van der Waals surface area contributed by atoms with Gasteiger partial charge in [0.15, 0.2) is 0 Å². The maximum absolute atomic E-state index is 13.8. The summed E-state index contributed by atoms with van der Waals surface area (Å²) in [6.45, 7) is 2.86. The molecule has 2 unspecified atom stereocenters. The van der Waals surface area contributed by atoms with Crippen molar-refractivity contribution in [3.05, 3.63) is 82.7 Å². The van der Waals surface area contributed by atoms with Crippen LogP contribution in [0.5, 0.6) is 0 Å². The molecule has 2 bridgehead atoms. The molecule has 24 heavy (non-hydrogen) atoms. The highest BCUT2D eigenvalue weighted by Gasteiger charge is 2.36. The van der Waals surface area contributed by atoms with Gasteiger partial charge in [-0.1, -0.05) is 54.1 Å². The Hall–Kier alpha value is -1.93. The van der Waals surface area contributed by atoms with E-state index in [1.165, 1.54) is 24.0 Å². The van der Waals surface area contributed by atoms with Crippen LogP contribution >= 0.6 is 0 Å². The van der Waals surface area contributed by atoms with Crippen molar-refractivity contribution in [2.24, 2.45) is 0 Å². The van der Waals surface area contributed by atoms with Crippen LogP contribution < -0.4 is 0 Å². The lowest BCUT2D eigenvalue weighted by atomic mass is 9.94. The van der Waals surface area contributed by atoms with Crippen molar-refractivity contribution in [3.63, 3.8) is 0 Å². The molecule has 2 heteroatoms. The van der Waals surface area contributed by atoms with E-state index in [1.807, 2.05) is 13.0 Å². The molecule has 1 fully saturated rings. The van der Waals surface area contributed by atoms with E-state index in [1.54, 1.807) is 6.07 Å². The number of nitrogens with zero attached hydrogens (tertiary/aromatic N) is 1. The average Bonchev–Trinajstić information content (AvgIpc) is 2.81. The zero-order valence-electron chi connectivity index (χ0n) is 14.2. The molecular weight excluding hydrogens is 297 g/mol. The summed E-state index contributed by atoms with van der Waals surface area (Å²) in [6, 6.07) is 17.6. The molecule has 0 radical (unpaired) electrons. The highest BCUT2D eigenvalue weighted by Crippen LogP contribution is 2.37. The van der Waals surface area contributed by atoms with Crippen molar-refractivity contribution in [1.29, 1.82) is 0 Å². The van der Waals surface area contributed by atoms with Gasteiger partial charge in [0.25, 0.3) is 0 Å². The third kappa shape index (κ3) is 3.16. The predicted molar refractivity (Wildman–Crippen MR) is 96.3 cm³/mol. The number of hydrogen-bond acceptors (Lipinski definition) is 1. The molecule has 2 aliphatic heterocycles. The maximum atomic E-state index is 13.8. The fourth-order valence-corrected chi connectivity index (χ4v) is 4.19. The molecule has 0 aliphatic carbocycles. The van der Waals surface area contributed by atoms with Crippen LogP contribution in [0.2, 0.25) is 0 Å². The van der Waals surface area contributed by atoms with Crippen LogP contribution in [0.15, 0.2) is 60.2 Å². The second kappa shape index (κ2) is 6.52. The quantitative estimate of drug-likeness (QED) is 0.713.